The maximum Gasteiger partial charge on any atom is 0.336 e. The van der Waals surface area contributed by atoms with Crippen molar-refractivity contribution in [1.29, 1.82) is 0 Å². The first-order valence-electron chi connectivity index (χ1n) is 13.2. The lowest BCUT2D eigenvalue weighted by molar-refractivity contribution is -0.852. The molecular weight excluding hydrogens is 502 g/mol. The maximum atomic E-state index is 13.0. The molecule has 7 heteroatoms. The van der Waals surface area contributed by atoms with Gasteiger partial charge in [-0.2, -0.15) is 23.5 Å². The van der Waals surface area contributed by atoms with Gasteiger partial charge < -0.3 is 24.8 Å². The molecule has 1 unspecified atom stereocenters. The van der Waals surface area contributed by atoms with E-state index in [0.717, 1.165) is 28.1 Å². The SMILES string of the molecule is C=CCN(CC=C)c1ccc(C(=O)O)c(C2=C3C=CC([N+](C)(C)[O-])C=C3[Si-](C)(C)c3cc(N(C)C)ccc32)c1. The summed E-state index contributed by atoms with van der Waals surface area (Å²) in [6, 6.07) is 11.7. The molecule has 1 atom stereocenters. The topological polar surface area (TPSA) is 66.8 Å². The largest absolute Gasteiger partial charge is 0.633 e. The molecule has 0 spiro atoms. The molecule has 39 heavy (non-hydrogen) atoms. The second-order valence-corrected chi connectivity index (χ2v) is 15.7. The first-order chi connectivity index (χ1) is 18.3. The number of carbonyl (C=O) groups is 1. The van der Waals surface area contributed by atoms with Crippen LogP contribution >= 0.6 is 0 Å². The highest BCUT2D eigenvalue weighted by atomic mass is 28.3. The van der Waals surface area contributed by atoms with Crippen molar-refractivity contribution in [3.63, 3.8) is 0 Å². The van der Waals surface area contributed by atoms with Crippen molar-refractivity contribution in [2.45, 2.75) is 19.1 Å². The van der Waals surface area contributed by atoms with E-state index in [1.165, 1.54) is 10.4 Å². The number of allylic oxidation sites excluding steroid dienone is 3. The fourth-order valence-corrected chi connectivity index (χ4v) is 8.75. The number of benzene rings is 2. The van der Waals surface area contributed by atoms with Gasteiger partial charge in [-0.05, 0) is 52.6 Å². The fourth-order valence-electron chi connectivity index (χ4n) is 5.60. The lowest BCUT2D eigenvalue weighted by Gasteiger charge is -2.50. The zero-order valence-electron chi connectivity index (χ0n) is 23.9. The van der Waals surface area contributed by atoms with Gasteiger partial charge in [-0.3, -0.25) is 0 Å². The Kier molecular flexibility index (Phi) is 7.63. The van der Waals surface area contributed by atoms with Gasteiger partial charge >= 0.3 is 5.97 Å². The maximum absolute atomic E-state index is 13.0. The van der Waals surface area contributed by atoms with Crippen LogP contribution < -0.4 is 15.0 Å². The van der Waals surface area contributed by atoms with Crippen LogP contribution in [0.15, 0.2) is 90.7 Å². The highest BCUT2D eigenvalue weighted by Gasteiger charge is 2.34. The van der Waals surface area contributed by atoms with Crippen LogP contribution in [0.4, 0.5) is 11.4 Å². The van der Waals surface area contributed by atoms with Crippen LogP contribution in [0.1, 0.15) is 21.5 Å². The van der Waals surface area contributed by atoms with E-state index in [9.17, 15) is 15.1 Å². The van der Waals surface area contributed by atoms with Crippen molar-refractivity contribution in [1.82, 2.24) is 0 Å². The van der Waals surface area contributed by atoms with Gasteiger partial charge in [0.25, 0.3) is 0 Å². The van der Waals surface area contributed by atoms with E-state index in [4.69, 9.17) is 0 Å². The number of quaternary nitrogens is 1. The number of hydroxylamine groups is 3. The highest BCUT2D eigenvalue weighted by Crippen LogP contribution is 2.44. The third-order valence-electron chi connectivity index (χ3n) is 7.78. The summed E-state index contributed by atoms with van der Waals surface area (Å²) in [5, 5.41) is 25.7. The Labute approximate surface area is 233 Å². The van der Waals surface area contributed by atoms with Gasteiger partial charge in [0, 0.05) is 38.6 Å². The average Bonchev–Trinajstić information content (AvgIpc) is 2.87. The van der Waals surface area contributed by atoms with Crippen molar-refractivity contribution in [3.05, 3.63) is 113 Å². The monoisotopic (exact) mass is 541 g/mol. The number of rotatable bonds is 9. The van der Waals surface area contributed by atoms with Crippen LogP contribution in [0.2, 0.25) is 13.1 Å². The number of fused-ring (bicyclic) bond motifs is 2. The minimum atomic E-state index is -2.26. The summed E-state index contributed by atoms with van der Waals surface area (Å²) >= 11 is 0. The van der Waals surface area contributed by atoms with Gasteiger partial charge in [0.1, 0.15) is 6.04 Å². The summed E-state index contributed by atoms with van der Waals surface area (Å²) < 4.78 is -0.453. The van der Waals surface area contributed by atoms with Crippen molar-refractivity contribution in [3.8, 4) is 0 Å². The Morgan fingerprint density at radius 2 is 1.69 bits per heavy atom. The smallest absolute Gasteiger partial charge is 0.336 e. The Hall–Kier alpha value is -3.65. The molecule has 1 heterocycles. The Balaban J connectivity index is 2.10. The summed E-state index contributed by atoms with van der Waals surface area (Å²) in [6.45, 7) is 13.6. The van der Waals surface area contributed by atoms with E-state index >= 15 is 0 Å². The Morgan fingerprint density at radius 1 is 1.05 bits per heavy atom. The first-order valence-corrected chi connectivity index (χ1v) is 16.2. The number of hydrogen-bond acceptors (Lipinski definition) is 4. The van der Waals surface area contributed by atoms with Crippen LogP contribution in [0, 0.1) is 5.21 Å². The number of anilines is 2. The third-order valence-corrected chi connectivity index (χ3v) is 11.3. The predicted octanol–water partition coefficient (Wildman–Crippen LogP) is 5.34. The van der Waals surface area contributed by atoms with Gasteiger partial charge in [-0.15, -0.1) is 13.2 Å². The lowest BCUT2D eigenvalue weighted by atomic mass is 9.86. The lowest BCUT2D eigenvalue weighted by Crippen LogP contribution is -2.51. The second kappa shape index (κ2) is 10.5. The number of aromatic carboxylic acids is 1. The summed E-state index contributed by atoms with van der Waals surface area (Å²) in [4.78, 5) is 16.8. The predicted molar refractivity (Wildman–Crippen MR) is 166 cm³/mol. The van der Waals surface area contributed by atoms with Crippen molar-refractivity contribution in [2.75, 3.05) is 51.1 Å². The van der Waals surface area contributed by atoms with Crippen molar-refractivity contribution < 1.29 is 14.5 Å². The molecule has 1 N–H and O–H groups in total. The molecule has 0 aromatic heterocycles. The van der Waals surface area contributed by atoms with Gasteiger partial charge in [-0.25, -0.2) is 4.79 Å². The van der Waals surface area contributed by atoms with E-state index in [1.54, 1.807) is 20.2 Å². The standard InChI is InChI=1S/C32H39N3O3Si/c1-9-17-34(18-10-2)23-12-14-25(32(36)37)28(19-23)31-26-15-11-22(33(3)4)20-29(26)39(7,8)30-21-24(35(5,6)38)13-16-27(30)31/h9-16,19-21,24H,1-2,17-18H2,3-8H3,(H,36,37)/q-1. The van der Waals surface area contributed by atoms with Crippen LogP contribution in [0.3, 0.4) is 0 Å². The van der Waals surface area contributed by atoms with Gasteiger partial charge in [0.05, 0.1) is 19.7 Å². The molecule has 0 saturated heterocycles. The van der Waals surface area contributed by atoms with E-state index in [-0.39, 0.29) is 11.6 Å². The number of likely N-dealkylation sites (N-methyl/N-ethyl adjacent to an activating group) is 1. The molecule has 2 aromatic rings. The summed E-state index contributed by atoms with van der Waals surface area (Å²) in [5.41, 5.74) is 5.88. The molecule has 205 valence electrons. The van der Waals surface area contributed by atoms with Gasteiger partial charge in [0.15, 0.2) is 0 Å². The first kappa shape index (κ1) is 28.4. The molecule has 1 aliphatic carbocycles. The fraction of sp³-hybridized carbons (Fsp3) is 0.281. The second-order valence-electron chi connectivity index (χ2n) is 11.4. The number of nitrogens with zero attached hydrogens (tertiary/aromatic N) is 3. The molecule has 0 radical (unpaired) electrons. The molecule has 0 bridgehead atoms. The normalized spacial score (nSPS) is 17.6. The van der Waals surface area contributed by atoms with Crippen molar-refractivity contribution in [2.24, 2.45) is 0 Å². The van der Waals surface area contributed by atoms with E-state index in [0.29, 0.717) is 18.7 Å². The van der Waals surface area contributed by atoms with Gasteiger partial charge in [-0.1, -0.05) is 44.5 Å². The quantitative estimate of drug-likeness (QED) is 0.201. The Bertz CT molecular complexity index is 1420. The summed E-state index contributed by atoms with van der Waals surface area (Å²) in [6.07, 6.45) is 9.80. The van der Waals surface area contributed by atoms with E-state index in [1.807, 2.05) is 50.5 Å². The van der Waals surface area contributed by atoms with Crippen LogP contribution in [-0.4, -0.2) is 71.1 Å². The average molecular weight is 542 g/mol. The van der Waals surface area contributed by atoms with E-state index in [2.05, 4.69) is 60.3 Å². The number of hydrogen-bond donors (Lipinski definition) is 1. The minimum absolute atomic E-state index is 0.247. The zero-order valence-corrected chi connectivity index (χ0v) is 24.9. The molecule has 2 aliphatic rings. The molecule has 6 nitrogen and oxygen atoms in total. The van der Waals surface area contributed by atoms with Crippen LogP contribution in [-0.2, 0) is 0 Å². The number of carboxylic acid groups (broad SMARTS) is 1. The van der Waals surface area contributed by atoms with E-state index < -0.39 is 18.7 Å². The number of carboxylic acids is 1. The highest BCUT2D eigenvalue weighted by molar-refractivity contribution is 6.97. The van der Waals surface area contributed by atoms with Gasteiger partial charge in [0.2, 0.25) is 0 Å². The van der Waals surface area contributed by atoms with Crippen LogP contribution in [0.5, 0.6) is 0 Å². The zero-order chi connectivity index (χ0) is 28.7. The third kappa shape index (κ3) is 5.17. The molecule has 0 saturated carbocycles. The van der Waals surface area contributed by atoms with Crippen LogP contribution in [0.25, 0.3) is 5.57 Å². The molecule has 2 aromatic carbocycles. The molecule has 1 aliphatic heterocycles. The summed E-state index contributed by atoms with van der Waals surface area (Å²) in [5.74, 6) is -0.974. The van der Waals surface area contributed by atoms with Crippen molar-refractivity contribution >= 4 is 36.2 Å². The molecule has 0 amide bonds. The minimum Gasteiger partial charge on any atom is -0.633 e. The Morgan fingerprint density at radius 3 is 2.26 bits per heavy atom. The molecule has 4 rings (SSSR count). The molecule has 0 fully saturated rings. The molecular formula is C32H39N3O3Si-. The summed E-state index contributed by atoms with van der Waals surface area (Å²) in [7, 11) is 5.12.